The maximum absolute atomic E-state index is 12.8. The Kier molecular flexibility index (Phi) is 5.80. The molecule has 1 aromatic rings. The zero-order valence-corrected chi connectivity index (χ0v) is 13.1. The first kappa shape index (κ1) is 17.8. The number of hydrogen-bond donors (Lipinski definition) is 1. The minimum absolute atomic E-state index is 0.0586. The molecule has 9 heteroatoms. The van der Waals surface area contributed by atoms with Crippen LogP contribution in [0.4, 0.5) is 11.4 Å². The number of non-ortho nitro benzene ring substituents is 2. The maximum Gasteiger partial charge on any atom is 0.277 e. The Morgan fingerprint density at radius 2 is 1.62 bits per heavy atom. The van der Waals surface area contributed by atoms with E-state index in [4.69, 9.17) is 0 Å². The predicted octanol–water partition coefficient (Wildman–Crippen LogP) is 2.27. The van der Waals surface area contributed by atoms with Crippen LogP contribution in [0.3, 0.4) is 0 Å². The molecule has 1 aliphatic carbocycles. The van der Waals surface area contributed by atoms with E-state index in [0.717, 1.165) is 50.3 Å². The van der Waals surface area contributed by atoms with Crippen molar-refractivity contribution in [3.05, 3.63) is 44.0 Å². The molecular formula is C15H19N3O6. The van der Waals surface area contributed by atoms with E-state index in [1.54, 1.807) is 0 Å². The third kappa shape index (κ3) is 4.05. The highest BCUT2D eigenvalue weighted by atomic mass is 16.6. The van der Waals surface area contributed by atoms with Gasteiger partial charge in [-0.1, -0.05) is 19.3 Å². The number of aliphatic hydroxyl groups excluding tert-OH is 1. The third-order valence-corrected chi connectivity index (χ3v) is 4.19. The van der Waals surface area contributed by atoms with Crippen LogP contribution in [0.15, 0.2) is 18.2 Å². The molecule has 0 unspecified atom stereocenters. The van der Waals surface area contributed by atoms with Gasteiger partial charge in [0.15, 0.2) is 0 Å². The van der Waals surface area contributed by atoms with Crippen LogP contribution in [0.1, 0.15) is 42.5 Å². The first-order valence-corrected chi connectivity index (χ1v) is 7.79. The Morgan fingerprint density at radius 1 is 1.08 bits per heavy atom. The molecule has 0 bridgehead atoms. The Morgan fingerprint density at radius 3 is 2.08 bits per heavy atom. The van der Waals surface area contributed by atoms with Gasteiger partial charge in [0.1, 0.15) is 0 Å². The summed E-state index contributed by atoms with van der Waals surface area (Å²) in [5, 5.41) is 31.2. The van der Waals surface area contributed by atoms with E-state index in [-0.39, 0.29) is 24.8 Å². The smallest absolute Gasteiger partial charge is 0.277 e. The Bertz CT molecular complexity index is 610. The Balaban J connectivity index is 2.37. The van der Waals surface area contributed by atoms with Crippen LogP contribution in [0, 0.1) is 20.2 Å². The average molecular weight is 337 g/mol. The maximum atomic E-state index is 12.8. The molecule has 24 heavy (non-hydrogen) atoms. The largest absolute Gasteiger partial charge is 0.395 e. The minimum Gasteiger partial charge on any atom is -0.395 e. The second-order valence-electron chi connectivity index (χ2n) is 5.77. The average Bonchev–Trinajstić information content (AvgIpc) is 2.59. The zero-order valence-electron chi connectivity index (χ0n) is 13.1. The number of rotatable bonds is 6. The van der Waals surface area contributed by atoms with E-state index >= 15 is 0 Å². The molecule has 0 spiro atoms. The molecule has 0 radical (unpaired) electrons. The second kappa shape index (κ2) is 7.82. The summed E-state index contributed by atoms with van der Waals surface area (Å²) in [5.41, 5.74) is -1.10. The van der Waals surface area contributed by atoms with E-state index in [0.29, 0.717) is 0 Å². The predicted molar refractivity (Wildman–Crippen MR) is 84.7 cm³/mol. The molecule has 1 aliphatic rings. The molecule has 0 aromatic heterocycles. The van der Waals surface area contributed by atoms with E-state index in [9.17, 15) is 30.1 Å². The van der Waals surface area contributed by atoms with Crippen LogP contribution in [-0.4, -0.2) is 45.0 Å². The van der Waals surface area contributed by atoms with Gasteiger partial charge < -0.3 is 10.0 Å². The van der Waals surface area contributed by atoms with Crippen LogP contribution in [0.5, 0.6) is 0 Å². The number of carbonyl (C=O) groups excluding carboxylic acids is 1. The highest BCUT2D eigenvalue weighted by Crippen LogP contribution is 2.27. The van der Waals surface area contributed by atoms with Gasteiger partial charge in [-0.05, 0) is 12.8 Å². The van der Waals surface area contributed by atoms with Crippen LogP contribution in [-0.2, 0) is 0 Å². The van der Waals surface area contributed by atoms with Crippen molar-refractivity contribution in [1.82, 2.24) is 4.90 Å². The molecule has 1 fully saturated rings. The lowest BCUT2D eigenvalue weighted by molar-refractivity contribution is -0.394. The fourth-order valence-corrected chi connectivity index (χ4v) is 3.05. The quantitative estimate of drug-likeness (QED) is 0.626. The number of amides is 1. The fraction of sp³-hybridized carbons (Fsp3) is 0.533. The second-order valence-corrected chi connectivity index (χ2v) is 5.77. The van der Waals surface area contributed by atoms with Crippen molar-refractivity contribution in [3.8, 4) is 0 Å². The highest BCUT2D eigenvalue weighted by molar-refractivity contribution is 5.95. The molecule has 0 aliphatic heterocycles. The SMILES string of the molecule is O=C(c1cc([N+](=O)[O-])cc([N+](=O)[O-])c1)N(CCO)C1CCCCC1. The number of hydrogen-bond acceptors (Lipinski definition) is 6. The molecule has 1 aromatic carbocycles. The third-order valence-electron chi connectivity index (χ3n) is 4.19. The minimum atomic E-state index is -0.763. The van der Waals surface area contributed by atoms with Gasteiger partial charge >= 0.3 is 0 Å². The summed E-state index contributed by atoms with van der Waals surface area (Å²) in [7, 11) is 0. The van der Waals surface area contributed by atoms with Crippen molar-refractivity contribution in [1.29, 1.82) is 0 Å². The molecule has 2 rings (SSSR count). The van der Waals surface area contributed by atoms with Gasteiger partial charge in [0.05, 0.1) is 28.1 Å². The van der Waals surface area contributed by atoms with Gasteiger partial charge in [-0.2, -0.15) is 0 Å². The molecule has 1 N–H and O–H groups in total. The standard InChI is InChI=1S/C15H19N3O6/c19-7-6-16(12-4-2-1-3-5-12)15(20)11-8-13(17(21)22)10-14(9-11)18(23)24/h8-10,12,19H,1-7H2. The van der Waals surface area contributed by atoms with Crippen LogP contribution >= 0.6 is 0 Å². The van der Waals surface area contributed by atoms with Gasteiger partial charge in [0, 0.05) is 24.7 Å². The van der Waals surface area contributed by atoms with E-state index in [1.165, 1.54) is 4.90 Å². The molecule has 0 saturated heterocycles. The molecule has 1 amide bonds. The van der Waals surface area contributed by atoms with Crippen molar-refractivity contribution in [3.63, 3.8) is 0 Å². The normalized spacial score (nSPS) is 15.0. The first-order chi connectivity index (χ1) is 11.4. The summed E-state index contributed by atoms with van der Waals surface area (Å²) in [6.07, 6.45) is 4.61. The molecule has 1 saturated carbocycles. The number of benzene rings is 1. The van der Waals surface area contributed by atoms with Crippen molar-refractivity contribution in [2.75, 3.05) is 13.2 Å². The van der Waals surface area contributed by atoms with Crippen LogP contribution < -0.4 is 0 Å². The lowest BCUT2D eigenvalue weighted by Gasteiger charge is -2.34. The summed E-state index contributed by atoms with van der Waals surface area (Å²) in [6, 6.07) is 2.86. The van der Waals surface area contributed by atoms with Gasteiger partial charge in [-0.15, -0.1) is 0 Å². The van der Waals surface area contributed by atoms with Crippen molar-refractivity contribution < 1.29 is 19.7 Å². The fourth-order valence-electron chi connectivity index (χ4n) is 3.05. The molecule has 0 atom stereocenters. The molecular weight excluding hydrogens is 318 g/mol. The highest BCUT2D eigenvalue weighted by Gasteiger charge is 2.28. The number of aliphatic hydroxyl groups is 1. The number of nitro benzene ring substituents is 2. The lowest BCUT2D eigenvalue weighted by atomic mass is 9.93. The number of carbonyl (C=O) groups is 1. The zero-order chi connectivity index (χ0) is 17.7. The van der Waals surface area contributed by atoms with Gasteiger partial charge in [0.25, 0.3) is 17.3 Å². The first-order valence-electron chi connectivity index (χ1n) is 7.79. The van der Waals surface area contributed by atoms with Crippen LogP contribution in [0.2, 0.25) is 0 Å². The van der Waals surface area contributed by atoms with Crippen molar-refractivity contribution in [2.24, 2.45) is 0 Å². The number of nitrogens with zero attached hydrogens (tertiary/aromatic N) is 3. The number of nitro groups is 2. The van der Waals surface area contributed by atoms with E-state index in [2.05, 4.69) is 0 Å². The topological polar surface area (TPSA) is 127 Å². The van der Waals surface area contributed by atoms with E-state index < -0.39 is 27.1 Å². The Labute approximate surface area is 138 Å². The summed E-state index contributed by atoms with van der Waals surface area (Å²) in [5.74, 6) is -0.525. The molecule has 0 heterocycles. The van der Waals surface area contributed by atoms with Crippen LogP contribution in [0.25, 0.3) is 0 Å². The van der Waals surface area contributed by atoms with Gasteiger partial charge in [-0.3, -0.25) is 25.0 Å². The van der Waals surface area contributed by atoms with Crippen molar-refractivity contribution >= 4 is 17.3 Å². The monoisotopic (exact) mass is 337 g/mol. The molecule has 130 valence electrons. The van der Waals surface area contributed by atoms with Crippen molar-refractivity contribution in [2.45, 2.75) is 38.1 Å². The van der Waals surface area contributed by atoms with E-state index in [1.807, 2.05) is 0 Å². The Hall–Kier alpha value is -2.55. The summed E-state index contributed by atoms with van der Waals surface area (Å²) in [6.45, 7) is -0.140. The molecule has 9 nitrogen and oxygen atoms in total. The van der Waals surface area contributed by atoms with Gasteiger partial charge in [0.2, 0.25) is 0 Å². The summed E-state index contributed by atoms with van der Waals surface area (Å²) >= 11 is 0. The lowest BCUT2D eigenvalue weighted by Crippen LogP contribution is -2.43. The van der Waals surface area contributed by atoms with Gasteiger partial charge in [-0.25, -0.2) is 0 Å². The summed E-state index contributed by atoms with van der Waals surface area (Å²) in [4.78, 5) is 34.6. The summed E-state index contributed by atoms with van der Waals surface area (Å²) < 4.78 is 0.